The van der Waals surface area contributed by atoms with Crippen molar-refractivity contribution in [3.63, 3.8) is 0 Å². The van der Waals surface area contributed by atoms with Crippen LogP contribution >= 0.6 is 0 Å². The van der Waals surface area contributed by atoms with E-state index < -0.39 is 53.6 Å². The minimum absolute atomic E-state index is 0.0629. The molecule has 2 aromatic carbocycles. The first-order valence-electron chi connectivity index (χ1n) is 25.6. The van der Waals surface area contributed by atoms with Crippen LogP contribution in [0.15, 0.2) is 94.2 Å². The summed E-state index contributed by atoms with van der Waals surface area (Å²) < 4.78 is 102. The molecule has 4 N–H and O–H groups in total. The summed E-state index contributed by atoms with van der Waals surface area (Å²) in [6.45, 7) is 10.0. The van der Waals surface area contributed by atoms with Gasteiger partial charge in [-0.05, 0) is 106 Å². The van der Waals surface area contributed by atoms with Gasteiger partial charge >= 0.3 is 5.97 Å². The molecule has 73 heavy (non-hydrogen) atoms. The molecule has 4 aliphatic rings. The molecule has 6 rings (SSSR count). The summed E-state index contributed by atoms with van der Waals surface area (Å²) in [6.07, 6.45) is 20.2. The van der Waals surface area contributed by atoms with Gasteiger partial charge in [-0.1, -0.05) is 82.7 Å². The van der Waals surface area contributed by atoms with Crippen LogP contribution in [0.5, 0.6) is 0 Å². The third kappa shape index (κ3) is 15.3. The van der Waals surface area contributed by atoms with E-state index in [0.29, 0.717) is 55.9 Å². The quantitative estimate of drug-likeness (QED) is 0.0282. The first-order valence-corrected chi connectivity index (χ1v) is 30.2. The summed E-state index contributed by atoms with van der Waals surface area (Å²) in [5, 5.41) is 4.40. The molecule has 1 saturated heterocycles. The number of nitrogens with zero attached hydrogens (tertiary/aromatic N) is 3. The summed E-state index contributed by atoms with van der Waals surface area (Å²) in [5.74, 6) is -2.24. The Hall–Kier alpha value is -4.99. The van der Waals surface area contributed by atoms with Crippen LogP contribution in [0, 0.1) is 0 Å². The monoisotopic (exact) mass is 1070 g/mol. The number of allylic oxidation sites excluding steroid dienone is 7. The normalized spacial score (nSPS) is 19.0. The van der Waals surface area contributed by atoms with Crippen LogP contribution in [-0.4, -0.2) is 103 Å². The number of carbonyl (C=O) groups excluding carboxylic acids is 3. The number of hydrogen-bond donors (Lipinski definition) is 4. The summed E-state index contributed by atoms with van der Waals surface area (Å²) in [4.78, 5) is 42.4. The smallest absolute Gasteiger partial charge is 0.333 e. The van der Waals surface area contributed by atoms with Crippen LogP contribution in [0.25, 0.3) is 0 Å². The van der Waals surface area contributed by atoms with Crippen molar-refractivity contribution in [2.75, 3.05) is 36.0 Å². The number of hydroxylamine groups is 2. The number of fused-ring (bicyclic) bond motifs is 2. The zero-order valence-corrected chi connectivity index (χ0v) is 45.1. The standard InChI is InChI=1S/C53H72N4O13S3/c1-52(2)42-22-12-13-23-44(42)55(34-15-17-36-71(61,62)63)46(52)29-25-39-20-19-21-40(51(39)54-33-14-10-8-6-5-7-9-11-24-50(60)70-57-48(58)31-32-49(57)59)26-30-47-53(3,4)43-38-41(73(67,68)69)27-28-45(43)56(47)35-16-18-37-72(64,65)66/h12-13,22-23,25-30,38H,5-11,14-21,24,31-37H2,1-4H3,(H3,61,62,63,64,65,66,67,68,69)/p+1/b40-26+,47-30+. The van der Waals surface area contributed by atoms with Crippen LogP contribution in [0.2, 0.25) is 0 Å². The van der Waals surface area contributed by atoms with Gasteiger partial charge in [-0.2, -0.15) is 29.8 Å². The molecule has 17 nitrogen and oxygen atoms in total. The zero-order chi connectivity index (χ0) is 53.2. The van der Waals surface area contributed by atoms with Gasteiger partial charge in [0.2, 0.25) is 5.69 Å². The molecule has 0 radical (unpaired) electrons. The van der Waals surface area contributed by atoms with Crippen LogP contribution in [0.3, 0.4) is 0 Å². The van der Waals surface area contributed by atoms with Crippen molar-refractivity contribution in [1.82, 2.24) is 10.4 Å². The minimum Gasteiger partial charge on any atom is -0.385 e. The summed E-state index contributed by atoms with van der Waals surface area (Å²) in [6, 6.07) is 12.7. The number of imide groups is 1. The number of anilines is 1. The lowest BCUT2D eigenvalue weighted by Gasteiger charge is -2.28. The number of amides is 2. The van der Waals surface area contributed by atoms with Gasteiger partial charge in [0.25, 0.3) is 42.2 Å². The number of rotatable bonds is 27. The van der Waals surface area contributed by atoms with Crippen molar-refractivity contribution in [3.8, 4) is 0 Å². The second-order valence-electron chi connectivity index (χ2n) is 20.5. The topological polar surface area (TPSA) is 245 Å². The molecule has 0 spiro atoms. The molecule has 0 unspecified atom stereocenters. The molecular weight excluding hydrogens is 997 g/mol. The summed E-state index contributed by atoms with van der Waals surface area (Å²) in [7, 11) is -12.7. The van der Waals surface area contributed by atoms with E-state index in [9.17, 15) is 53.3 Å². The molecule has 1 fully saturated rings. The fraction of sp³-hybridized carbons (Fsp3) is 0.547. The lowest BCUT2D eigenvalue weighted by Crippen LogP contribution is -2.31. The van der Waals surface area contributed by atoms with Gasteiger partial charge in [-0.25, -0.2) is 4.79 Å². The molecular formula is C53H73N4O13S3+. The highest BCUT2D eigenvalue weighted by Crippen LogP contribution is 2.49. The minimum atomic E-state index is -4.50. The summed E-state index contributed by atoms with van der Waals surface area (Å²) >= 11 is 0. The number of nitrogens with one attached hydrogen (secondary N) is 1. The van der Waals surface area contributed by atoms with E-state index in [1.165, 1.54) is 12.1 Å². The van der Waals surface area contributed by atoms with Crippen molar-refractivity contribution in [3.05, 3.63) is 100 Å². The maximum atomic E-state index is 12.3. The van der Waals surface area contributed by atoms with Gasteiger partial charge in [-0.3, -0.25) is 23.2 Å². The van der Waals surface area contributed by atoms with Crippen molar-refractivity contribution < 1.29 is 62.7 Å². The number of hydrogen-bond acceptors (Lipinski definition) is 12. The highest BCUT2D eigenvalue weighted by molar-refractivity contribution is 7.86. The lowest BCUT2D eigenvalue weighted by molar-refractivity contribution is -0.438. The van der Waals surface area contributed by atoms with Gasteiger partial charge in [0.1, 0.15) is 6.54 Å². The third-order valence-corrected chi connectivity index (χ3v) is 16.7. The number of benzene rings is 2. The fourth-order valence-corrected chi connectivity index (χ4v) is 12.0. The molecule has 0 aromatic heterocycles. The number of carbonyl (C=O) groups is 3. The molecule has 0 saturated carbocycles. The largest absolute Gasteiger partial charge is 0.385 e. The van der Waals surface area contributed by atoms with Crippen molar-refractivity contribution in [1.29, 1.82) is 0 Å². The van der Waals surface area contributed by atoms with E-state index in [2.05, 4.69) is 65.1 Å². The molecule has 3 heterocycles. The Kier molecular flexibility index (Phi) is 19.3. The van der Waals surface area contributed by atoms with Gasteiger partial charge in [0, 0.05) is 79.0 Å². The first-order chi connectivity index (χ1) is 34.4. The Morgan fingerprint density at radius 3 is 2.00 bits per heavy atom. The second kappa shape index (κ2) is 24.6. The van der Waals surface area contributed by atoms with Crippen molar-refractivity contribution >= 4 is 65.2 Å². The predicted octanol–water partition coefficient (Wildman–Crippen LogP) is 8.96. The highest BCUT2D eigenvalue weighted by atomic mass is 32.2. The molecule has 1 aliphatic carbocycles. The summed E-state index contributed by atoms with van der Waals surface area (Å²) in [5.41, 5.74) is 7.71. The average Bonchev–Trinajstić information content (AvgIpc) is 3.83. The molecule has 3 aliphatic heterocycles. The maximum absolute atomic E-state index is 12.3. The van der Waals surface area contributed by atoms with Crippen molar-refractivity contribution in [2.45, 2.75) is 159 Å². The van der Waals surface area contributed by atoms with Gasteiger partial charge < -0.3 is 15.1 Å². The maximum Gasteiger partial charge on any atom is 0.333 e. The van der Waals surface area contributed by atoms with E-state index in [1.807, 2.05) is 26.0 Å². The molecule has 2 aromatic rings. The number of unbranched alkanes of at least 4 members (excludes halogenated alkanes) is 9. The van der Waals surface area contributed by atoms with Crippen LogP contribution in [-0.2, 0) is 60.4 Å². The molecule has 400 valence electrons. The predicted molar refractivity (Wildman–Crippen MR) is 280 cm³/mol. The third-order valence-electron chi connectivity index (χ3n) is 14.3. The molecule has 20 heteroatoms. The SMILES string of the molecule is CC1(C)C(/C=C/C2=C(NCCCCCCCCCCC(=O)ON3C(=O)CCC3=O)C(=C/C=C3/N(CCCCS(=O)(=O)O)c4ccc(S(=O)(=O)O)cc4C3(C)C)/CCC2)=[N+](CCCCS(=O)(=O)O)c2ccccc21. The van der Waals surface area contributed by atoms with E-state index in [-0.39, 0.29) is 47.5 Å². The highest BCUT2D eigenvalue weighted by Gasteiger charge is 2.44. The Balaban J connectivity index is 1.22. The first kappa shape index (κ1) is 57.3. The Bertz CT molecular complexity index is 2880. The molecule has 0 bridgehead atoms. The molecule has 2 amide bonds. The van der Waals surface area contributed by atoms with Gasteiger partial charge in [0.05, 0.1) is 21.8 Å². The average molecular weight is 1070 g/mol. The van der Waals surface area contributed by atoms with Crippen LogP contribution in [0.1, 0.15) is 154 Å². The van der Waals surface area contributed by atoms with Gasteiger partial charge in [0.15, 0.2) is 5.71 Å². The Morgan fingerprint density at radius 2 is 1.34 bits per heavy atom. The van der Waals surface area contributed by atoms with Crippen LogP contribution < -0.4 is 10.2 Å². The van der Waals surface area contributed by atoms with Crippen molar-refractivity contribution in [2.24, 2.45) is 0 Å². The Morgan fingerprint density at radius 1 is 0.712 bits per heavy atom. The molecule has 0 atom stereocenters. The fourth-order valence-electron chi connectivity index (χ4n) is 10.4. The zero-order valence-electron chi connectivity index (χ0n) is 42.6. The van der Waals surface area contributed by atoms with Crippen LogP contribution in [0.4, 0.5) is 11.4 Å². The van der Waals surface area contributed by atoms with Gasteiger partial charge in [-0.15, -0.1) is 5.06 Å². The Labute approximate surface area is 431 Å². The number of para-hydroxylation sites is 1. The van der Waals surface area contributed by atoms with E-state index in [4.69, 9.17) is 4.84 Å². The van der Waals surface area contributed by atoms with E-state index >= 15 is 0 Å². The van der Waals surface area contributed by atoms with E-state index in [0.717, 1.165) is 109 Å². The van der Waals surface area contributed by atoms with E-state index in [1.54, 1.807) is 6.07 Å². The second-order valence-corrected chi connectivity index (χ2v) is 25.0. The lowest BCUT2D eigenvalue weighted by atomic mass is 9.81.